The lowest BCUT2D eigenvalue weighted by molar-refractivity contribution is -0.669. The Morgan fingerprint density at radius 1 is 1.06 bits per heavy atom. The Morgan fingerprint density at radius 2 is 1.88 bits per heavy atom. The first kappa shape index (κ1) is 7.81. The Labute approximate surface area is 89.9 Å². The average Bonchev–Trinajstić information content (AvgIpc) is 2.86. The minimum atomic E-state index is 0.791. The zero-order valence-corrected chi connectivity index (χ0v) is 8.33. The van der Waals surface area contributed by atoms with E-state index in [4.69, 9.17) is 0 Å². The van der Waals surface area contributed by atoms with E-state index in [1.54, 1.807) is 0 Å². The number of nitrogens with one attached hydrogen (secondary N) is 1. The molecule has 4 rings (SSSR count). The first-order valence-electron chi connectivity index (χ1n) is 5.05. The van der Waals surface area contributed by atoms with Gasteiger partial charge in [0.25, 0.3) is 0 Å². The summed E-state index contributed by atoms with van der Waals surface area (Å²) in [6.07, 6.45) is 3.87. The van der Waals surface area contributed by atoms with Gasteiger partial charge in [-0.05, 0) is 12.1 Å². The summed E-state index contributed by atoms with van der Waals surface area (Å²) in [5.41, 5.74) is 3.44. The van der Waals surface area contributed by atoms with Crippen molar-refractivity contribution in [2.24, 2.45) is 0 Å². The van der Waals surface area contributed by atoms with Crippen LogP contribution >= 0.6 is 0 Å². The summed E-state index contributed by atoms with van der Waals surface area (Å²) in [6.45, 7) is 0. The summed E-state index contributed by atoms with van der Waals surface area (Å²) in [7, 11) is 0. The van der Waals surface area contributed by atoms with Gasteiger partial charge in [0.15, 0.2) is 0 Å². The highest BCUT2D eigenvalue weighted by atomic mass is 15.5. The van der Waals surface area contributed by atoms with Crippen LogP contribution in [0.5, 0.6) is 0 Å². The third-order valence-corrected chi connectivity index (χ3v) is 2.68. The zero-order valence-electron chi connectivity index (χ0n) is 8.33. The van der Waals surface area contributed by atoms with Crippen molar-refractivity contribution in [2.75, 3.05) is 0 Å². The Balaban J connectivity index is 2.30. The van der Waals surface area contributed by atoms with E-state index in [0.29, 0.717) is 0 Å². The van der Waals surface area contributed by atoms with Gasteiger partial charge in [-0.25, -0.2) is 9.97 Å². The number of hydrogen-bond donors (Lipinski definition) is 1. The number of aromatic nitrogens is 5. The highest BCUT2D eigenvalue weighted by Gasteiger charge is 2.13. The van der Waals surface area contributed by atoms with E-state index in [2.05, 4.69) is 15.1 Å². The van der Waals surface area contributed by atoms with Gasteiger partial charge in [-0.1, -0.05) is 16.6 Å². The molecule has 3 heterocycles. The van der Waals surface area contributed by atoms with Crippen LogP contribution in [0.3, 0.4) is 0 Å². The number of hydrogen-bond acceptors (Lipinski definition) is 2. The molecular formula is C11H8N5+. The van der Waals surface area contributed by atoms with Crippen LogP contribution < -0.4 is 4.63 Å². The summed E-state index contributed by atoms with van der Waals surface area (Å²) in [5.74, 6) is 0. The lowest BCUT2D eigenvalue weighted by Crippen LogP contribution is -2.26. The topological polar surface area (TPSA) is 50.1 Å². The van der Waals surface area contributed by atoms with Crippen molar-refractivity contribution in [1.82, 2.24) is 19.6 Å². The number of benzene rings is 1. The molecule has 5 heteroatoms. The Bertz CT molecular complexity index is 810. The van der Waals surface area contributed by atoms with E-state index < -0.39 is 0 Å². The van der Waals surface area contributed by atoms with Gasteiger partial charge >= 0.3 is 0 Å². The second kappa shape index (κ2) is 2.57. The Morgan fingerprint density at radius 3 is 2.75 bits per heavy atom. The largest absolute Gasteiger partial charge is 0.245 e. The molecule has 4 aromatic rings. The summed E-state index contributed by atoms with van der Waals surface area (Å²) in [6, 6.07) is 9.81. The van der Waals surface area contributed by atoms with Crippen LogP contribution in [0.2, 0.25) is 0 Å². The zero-order chi connectivity index (χ0) is 10.5. The molecule has 0 unspecified atom stereocenters. The molecule has 0 aliphatic carbocycles. The fraction of sp³-hybridized carbons (Fsp3) is 0. The summed E-state index contributed by atoms with van der Waals surface area (Å²) in [4.78, 5) is 9.11. The average molecular weight is 210 g/mol. The molecule has 1 N–H and O–H groups in total. The summed E-state index contributed by atoms with van der Waals surface area (Å²) >= 11 is 0. The smallest absolute Gasteiger partial charge is 0.221 e. The van der Waals surface area contributed by atoms with E-state index in [9.17, 15) is 0 Å². The molecule has 0 aliphatic heterocycles. The van der Waals surface area contributed by atoms with Crippen LogP contribution in [0.15, 0.2) is 42.7 Å². The number of fused-ring (bicyclic) bond motifs is 4. The highest BCUT2D eigenvalue weighted by Crippen LogP contribution is 2.12. The lowest BCUT2D eigenvalue weighted by atomic mass is 10.3. The molecule has 1 aromatic carbocycles. The predicted octanol–water partition coefficient (Wildman–Crippen LogP) is 0.949. The maximum absolute atomic E-state index is 4.59. The van der Waals surface area contributed by atoms with Gasteiger partial charge in [-0.3, -0.25) is 0 Å². The van der Waals surface area contributed by atoms with Crippen molar-refractivity contribution >= 4 is 22.3 Å². The molecule has 0 spiro atoms. The maximum atomic E-state index is 4.59. The normalized spacial score (nSPS) is 11.8. The Kier molecular flexibility index (Phi) is 1.26. The van der Waals surface area contributed by atoms with Crippen LogP contribution in [0.1, 0.15) is 0 Å². The third kappa shape index (κ3) is 0.869. The molecule has 0 saturated carbocycles. The fourth-order valence-electron chi connectivity index (χ4n) is 1.94. The van der Waals surface area contributed by atoms with Gasteiger partial charge in [-0.15, -0.1) is 5.10 Å². The van der Waals surface area contributed by atoms with Gasteiger partial charge in [0.05, 0.1) is 17.2 Å². The SMILES string of the molecule is c1ccc2nc3c(nc2c1)[nH][n+]1cccn31. The van der Waals surface area contributed by atoms with Crippen LogP contribution in [0, 0.1) is 0 Å². The van der Waals surface area contributed by atoms with E-state index in [1.807, 2.05) is 51.9 Å². The molecule has 0 bridgehead atoms. The molecule has 0 atom stereocenters. The maximum Gasteiger partial charge on any atom is 0.245 e. The van der Waals surface area contributed by atoms with Crippen molar-refractivity contribution < 1.29 is 4.63 Å². The van der Waals surface area contributed by atoms with Gasteiger partial charge in [0.2, 0.25) is 17.5 Å². The predicted molar refractivity (Wildman–Crippen MR) is 58.0 cm³/mol. The first-order chi connectivity index (χ1) is 7.92. The lowest BCUT2D eigenvalue weighted by Gasteiger charge is -1.93. The molecule has 0 amide bonds. The minimum absolute atomic E-state index is 0.791. The van der Waals surface area contributed by atoms with Crippen molar-refractivity contribution in [2.45, 2.75) is 0 Å². The number of aromatic amines is 1. The molecule has 0 fully saturated rings. The van der Waals surface area contributed by atoms with Gasteiger partial charge in [0, 0.05) is 10.7 Å². The quantitative estimate of drug-likeness (QED) is 0.439. The monoisotopic (exact) mass is 210 g/mol. The standard InChI is InChI=1S/C11H8N5/c1-2-5-9-8(4-1)12-10-11(13-9)15-6-3-7-16(15)14-10/h1-7H,(H,12,14)/q+1. The molecule has 16 heavy (non-hydrogen) atoms. The van der Waals surface area contributed by atoms with Crippen LogP contribution in [-0.2, 0) is 0 Å². The minimum Gasteiger partial charge on any atom is -0.221 e. The van der Waals surface area contributed by atoms with Crippen LogP contribution in [-0.4, -0.2) is 19.6 Å². The second-order valence-electron chi connectivity index (χ2n) is 3.68. The second-order valence-corrected chi connectivity index (χ2v) is 3.68. The number of nitrogens with zero attached hydrogens (tertiary/aromatic N) is 4. The van der Waals surface area contributed by atoms with E-state index in [0.717, 1.165) is 22.3 Å². The Hall–Kier alpha value is -2.43. The third-order valence-electron chi connectivity index (χ3n) is 2.68. The number of rotatable bonds is 0. The molecule has 0 saturated heterocycles. The molecular weight excluding hydrogens is 202 g/mol. The molecule has 3 aromatic heterocycles. The van der Waals surface area contributed by atoms with E-state index in [1.165, 1.54) is 0 Å². The molecule has 0 radical (unpaired) electrons. The van der Waals surface area contributed by atoms with Crippen molar-refractivity contribution in [3.63, 3.8) is 0 Å². The molecule has 0 aliphatic rings. The van der Waals surface area contributed by atoms with Crippen molar-refractivity contribution in [3.05, 3.63) is 42.7 Å². The van der Waals surface area contributed by atoms with Crippen molar-refractivity contribution in [1.29, 1.82) is 0 Å². The number of para-hydroxylation sites is 2. The fourth-order valence-corrected chi connectivity index (χ4v) is 1.94. The summed E-state index contributed by atoms with van der Waals surface area (Å²) < 4.78 is 3.78. The van der Waals surface area contributed by atoms with E-state index in [-0.39, 0.29) is 0 Å². The molecule has 5 nitrogen and oxygen atoms in total. The van der Waals surface area contributed by atoms with Crippen molar-refractivity contribution in [3.8, 4) is 0 Å². The van der Waals surface area contributed by atoms with E-state index >= 15 is 0 Å². The first-order valence-corrected chi connectivity index (χ1v) is 5.05. The highest BCUT2D eigenvalue weighted by molar-refractivity contribution is 5.81. The van der Waals surface area contributed by atoms with Gasteiger partial charge in [0.1, 0.15) is 0 Å². The van der Waals surface area contributed by atoms with Gasteiger partial charge < -0.3 is 0 Å². The van der Waals surface area contributed by atoms with Crippen LogP contribution in [0.4, 0.5) is 0 Å². The number of H-pyrrole nitrogens is 1. The summed E-state index contributed by atoms with van der Waals surface area (Å²) in [5, 5.41) is 3.16. The van der Waals surface area contributed by atoms with Crippen LogP contribution in [0.25, 0.3) is 22.3 Å². The van der Waals surface area contributed by atoms with Gasteiger partial charge in [-0.2, -0.15) is 0 Å². The molecule has 76 valence electrons.